The molecule has 0 atom stereocenters. The molecule has 0 saturated heterocycles. The maximum absolute atomic E-state index is 13.5. The van der Waals surface area contributed by atoms with E-state index in [1.165, 1.54) is 6.07 Å². The zero-order valence-corrected chi connectivity index (χ0v) is 10.3. The summed E-state index contributed by atoms with van der Waals surface area (Å²) in [6, 6.07) is 5.07. The Hall–Kier alpha value is -1.13. The number of nitrogens with zero attached hydrogens (tertiary/aromatic N) is 1. The summed E-state index contributed by atoms with van der Waals surface area (Å²) < 4.78 is 13.5. The highest BCUT2D eigenvalue weighted by molar-refractivity contribution is 5.85. The van der Waals surface area contributed by atoms with E-state index in [-0.39, 0.29) is 24.1 Å². The van der Waals surface area contributed by atoms with Crippen LogP contribution in [0.4, 0.5) is 4.39 Å². The van der Waals surface area contributed by atoms with Crippen molar-refractivity contribution in [2.45, 2.75) is 19.4 Å². The van der Waals surface area contributed by atoms with Crippen molar-refractivity contribution in [2.75, 3.05) is 13.1 Å². The second kappa shape index (κ2) is 5.98. The van der Waals surface area contributed by atoms with Gasteiger partial charge in [0, 0.05) is 31.6 Å². The number of hydrogen-bond acceptors (Lipinski definition) is 2. The first-order valence-electron chi connectivity index (χ1n) is 5.46. The van der Waals surface area contributed by atoms with Crippen molar-refractivity contribution in [1.29, 1.82) is 0 Å². The van der Waals surface area contributed by atoms with Crippen molar-refractivity contribution in [1.82, 2.24) is 4.90 Å². The first-order valence-corrected chi connectivity index (χ1v) is 5.46. The first-order chi connectivity index (χ1) is 7.72. The van der Waals surface area contributed by atoms with E-state index in [0.29, 0.717) is 31.6 Å². The fourth-order valence-electron chi connectivity index (χ4n) is 2.03. The largest absolute Gasteiger partial charge is 0.338 e. The van der Waals surface area contributed by atoms with Gasteiger partial charge >= 0.3 is 0 Å². The summed E-state index contributed by atoms with van der Waals surface area (Å²) in [6.07, 6.45) is 1.06. The first kappa shape index (κ1) is 13.9. The maximum Gasteiger partial charge on any atom is 0.224 e. The van der Waals surface area contributed by atoms with E-state index < -0.39 is 0 Å². The lowest BCUT2D eigenvalue weighted by molar-refractivity contribution is -0.131. The zero-order valence-electron chi connectivity index (χ0n) is 9.49. The zero-order chi connectivity index (χ0) is 11.5. The van der Waals surface area contributed by atoms with E-state index in [4.69, 9.17) is 5.73 Å². The van der Waals surface area contributed by atoms with Crippen molar-refractivity contribution >= 4 is 18.3 Å². The smallest absolute Gasteiger partial charge is 0.224 e. The van der Waals surface area contributed by atoms with Gasteiger partial charge in [0.25, 0.3) is 0 Å². The predicted molar refractivity (Wildman–Crippen MR) is 66.4 cm³/mol. The molecule has 0 bridgehead atoms. The number of fused-ring (bicyclic) bond motifs is 1. The molecule has 1 aliphatic heterocycles. The summed E-state index contributed by atoms with van der Waals surface area (Å²) in [5.41, 5.74) is 7.00. The highest BCUT2D eigenvalue weighted by Gasteiger charge is 2.21. The van der Waals surface area contributed by atoms with Gasteiger partial charge in [0.1, 0.15) is 5.82 Å². The van der Waals surface area contributed by atoms with E-state index in [0.717, 1.165) is 12.0 Å². The minimum absolute atomic E-state index is 0. The fraction of sp³-hybridized carbons (Fsp3) is 0.417. The van der Waals surface area contributed by atoms with E-state index in [2.05, 4.69) is 0 Å². The van der Waals surface area contributed by atoms with Gasteiger partial charge in [-0.2, -0.15) is 0 Å². The normalized spacial score (nSPS) is 13.9. The average molecular weight is 259 g/mol. The van der Waals surface area contributed by atoms with E-state index in [9.17, 15) is 9.18 Å². The number of carbonyl (C=O) groups excluding carboxylic acids is 1. The summed E-state index contributed by atoms with van der Waals surface area (Å²) >= 11 is 0. The molecule has 0 unspecified atom stereocenters. The molecule has 2 rings (SSSR count). The molecule has 2 N–H and O–H groups in total. The fourth-order valence-corrected chi connectivity index (χ4v) is 2.03. The van der Waals surface area contributed by atoms with E-state index in [1.54, 1.807) is 11.0 Å². The highest BCUT2D eigenvalue weighted by atomic mass is 35.5. The van der Waals surface area contributed by atoms with Crippen molar-refractivity contribution in [3.05, 3.63) is 35.1 Å². The molecule has 0 aromatic heterocycles. The van der Waals surface area contributed by atoms with Crippen molar-refractivity contribution < 1.29 is 9.18 Å². The highest BCUT2D eigenvalue weighted by Crippen LogP contribution is 2.21. The molecule has 17 heavy (non-hydrogen) atoms. The molecule has 0 aliphatic carbocycles. The molecule has 94 valence electrons. The third kappa shape index (κ3) is 2.96. The summed E-state index contributed by atoms with van der Waals surface area (Å²) in [5.74, 6) is -0.209. The Morgan fingerprint density at radius 2 is 2.24 bits per heavy atom. The van der Waals surface area contributed by atoms with Gasteiger partial charge in [-0.25, -0.2) is 4.39 Å². The Bertz CT molecular complexity index is 411. The van der Waals surface area contributed by atoms with Crippen LogP contribution in [0.1, 0.15) is 17.5 Å². The number of rotatable bonds is 2. The Morgan fingerprint density at radius 1 is 1.47 bits per heavy atom. The van der Waals surface area contributed by atoms with Crippen LogP contribution in [0.25, 0.3) is 0 Å². The number of carbonyl (C=O) groups is 1. The second-order valence-corrected chi connectivity index (χ2v) is 3.98. The number of halogens is 2. The molecule has 0 saturated carbocycles. The monoisotopic (exact) mass is 258 g/mol. The third-order valence-corrected chi connectivity index (χ3v) is 2.93. The van der Waals surface area contributed by atoms with Crippen molar-refractivity contribution in [3.63, 3.8) is 0 Å². The summed E-state index contributed by atoms with van der Waals surface area (Å²) in [5, 5.41) is 0. The Kier molecular flexibility index (Phi) is 4.90. The van der Waals surface area contributed by atoms with Gasteiger partial charge < -0.3 is 10.6 Å². The Morgan fingerprint density at radius 3 is 2.94 bits per heavy atom. The number of amides is 1. The van der Waals surface area contributed by atoms with Crippen LogP contribution in [0.2, 0.25) is 0 Å². The molecule has 1 aromatic carbocycles. The van der Waals surface area contributed by atoms with Crippen LogP contribution in [0.3, 0.4) is 0 Å². The second-order valence-electron chi connectivity index (χ2n) is 3.98. The SMILES string of the molecule is Cl.NCCC(=O)N1CCc2cccc(F)c2C1. The van der Waals surface area contributed by atoms with Crippen LogP contribution < -0.4 is 5.73 Å². The van der Waals surface area contributed by atoms with Crippen LogP contribution in [-0.2, 0) is 17.8 Å². The summed E-state index contributed by atoms with van der Waals surface area (Å²) in [4.78, 5) is 13.3. The molecular formula is C12H16ClFN2O. The minimum atomic E-state index is -0.220. The molecule has 1 heterocycles. The van der Waals surface area contributed by atoms with Gasteiger partial charge in [0.05, 0.1) is 0 Å². The Balaban J connectivity index is 0.00000144. The number of benzene rings is 1. The van der Waals surface area contributed by atoms with Gasteiger partial charge in [-0.05, 0) is 18.1 Å². The molecule has 1 aromatic rings. The average Bonchev–Trinajstić information content (AvgIpc) is 2.29. The van der Waals surface area contributed by atoms with E-state index >= 15 is 0 Å². The van der Waals surface area contributed by atoms with E-state index in [1.807, 2.05) is 6.07 Å². The lowest BCUT2D eigenvalue weighted by Gasteiger charge is -2.29. The number of nitrogens with two attached hydrogens (primary N) is 1. The van der Waals surface area contributed by atoms with Crippen LogP contribution in [0.15, 0.2) is 18.2 Å². The summed E-state index contributed by atoms with van der Waals surface area (Å²) in [7, 11) is 0. The predicted octanol–water partition coefficient (Wildman–Crippen LogP) is 1.48. The molecule has 0 radical (unpaired) electrons. The molecule has 1 aliphatic rings. The molecule has 5 heteroatoms. The molecule has 0 fully saturated rings. The van der Waals surface area contributed by atoms with Gasteiger partial charge in [0.2, 0.25) is 5.91 Å². The molecule has 0 spiro atoms. The van der Waals surface area contributed by atoms with Gasteiger partial charge in [-0.1, -0.05) is 12.1 Å². The van der Waals surface area contributed by atoms with Crippen LogP contribution in [-0.4, -0.2) is 23.9 Å². The van der Waals surface area contributed by atoms with Crippen molar-refractivity contribution in [2.24, 2.45) is 5.73 Å². The minimum Gasteiger partial charge on any atom is -0.338 e. The topological polar surface area (TPSA) is 46.3 Å². The van der Waals surface area contributed by atoms with Crippen LogP contribution in [0, 0.1) is 5.82 Å². The quantitative estimate of drug-likeness (QED) is 0.874. The van der Waals surface area contributed by atoms with Crippen LogP contribution >= 0.6 is 12.4 Å². The molecular weight excluding hydrogens is 243 g/mol. The lowest BCUT2D eigenvalue weighted by atomic mass is 9.99. The van der Waals surface area contributed by atoms with Gasteiger partial charge in [-0.3, -0.25) is 4.79 Å². The van der Waals surface area contributed by atoms with Crippen LogP contribution in [0.5, 0.6) is 0 Å². The Labute approximate surface area is 106 Å². The molecule has 1 amide bonds. The lowest BCUT2D eigenvalue weighted by Crippen LogP contribution is -2.37. The maximum atomic E-state index is 13.5. The standard InChI is InChI=1S/C12H15FN2O.ClH/c13-11-3-1-2-9-5-7-15(8-10(9)11)12(16)4-6-14;/h1-3H,4-8,14H2;1H. The van der Waals surface area contributed by atoms with Gasteiger partial charge in [0.15, 0.2) is 0 Å². The van der Waals surface area contributed by atoms with Crippen molar-refractivity contribution in [3.8, 4) is 0 Å². The number of hydrogen-bond donors (Lipinski definition) is 1. The third-order valence-electron chi connectivity index (χ3n) is 2.93. The summed E-state index contributed by atoms with van der Waals surface area (Å²) in [6.45, 7) is 1.38. The van der Waals surface area contributed by atoms with Gasteiger partial charge in [-0.15, -0.1) is 12.4 Å². The molecule has 3 nitrogen and oxygen atoms in total.